The number of methoxy groups -OCH3 is 1. The maximum Gasteiger partial charge on any atom is 0.336 e. The highest BCUT2D eigenvalue weighted by Gasteiger charge is 2.12. The monoisotopic (exact) mass is 246 g/mol. The SMILES string of the molecule is COc1cc(-c2ccccc2C(=O)O)ccc1F. The van der Waals surface area contributed by atoms with Crippen molar-refractivity contribution in [3.8, 4) is 16.9 Å². The van der Waals surface area contributed by atoms with E-state index >= 15 is 0 Å². The van der Waals surface area contributed by atoms with Crippen LogP contribution in [0.3, 0.4) is 0 Å². The standard InChI is InChI=1S/C14H11FO3/c1-18-13-8-9(6-7-12(13)15)10-4-2-3-5-11(10)14(16)17/h2-8H,1H3,(H,16,17). The average Bonchev–Trinajstić information content (AvgIpc) is 2.39. The molecule has 18 heavy (non-hydrogen) atoms. The van der Waals surface area contributed by atoms with Gasteiger partial charge in [-0.05, 0) is 29.3 Å². The second-order valence-electron chi connectivity index (χ2n) is 3.70. The molecule has 0 aromatic heterocycles. The van der Waals surface area contributed by atoms with Gasteiger partial charge in [-0.1, -0.05) is 24.3 Å². The number of carboxylic acid groups (broad SMARTS) is 1. The molecule has 2 rings (SSSR count). The predicted molar refractivity (Wildman–Crippen MR) is 65.3 cm³/mol. The first-order chi connectivity index (χ1) is 8.63. The van der Waals surface area contributed by atoms with E-state index in [9.17, 15) is 9.18 Å². The first-order valence-electron chi connectivity index (χ1n) is 5.29. The number of halogens is 1. The molecule has 0 spiro atoms. The largest absolute Gasteiger partial charge is 0.494 e. The van der Waals surface area contributed by atoms with Crippen molar-refractivity contribution < 1.29 is 19.0 Å². The zero-order chi connectivity index (χ0) is 13.1. The fourth-order valence-electron chi connectivity index (χ4n) is 1.75. The molecule has 0 aliphatic heterocycles. The first kappa shape index (κ1) is 12.1. The molecule has 2 aromatic rings. The Morgan fingerprint density at radius 2 is 1.94 bits per heavy atom. The fraction of sp³-hybridized carbons (Fsp3) is 0.0714. The second-order valence-corrected chi connectivity index (χ2v) is 3.70. The van der Waals surface area contributed by atoms with Crippen molar-refractivity contribution in [1.29, 1.82) is 0 Å². The van der Waals surface area contributed by atoms with Gasteiger partial charge in [0.25, 0.3) is 0 Å². The number of benzene rings is 2. The topological polar surface area (TPSA) is 46.5 Å². The second kappa shape index (κ2) is 4.87. The third kappa shape index (κ3) is 2.18. The lowest BCUT2D eigenvalue weighted by atomic mass is 9.99. The molecule has 0 saturated heterocycles. The Morgan fingerprint density at radius 3 is 2.61 bits per heavy atom. The van der Waals surface area contributed by atoms with Crippen LogP contribution in [0.5, 0.6) is 5.75 Å². The average molecular weight is 246 g/mol. The van der Waals surface area contributed by atoms with Crippen molar-refractivity contribution >= 4 is 5.97 Å². The Kier molecular flexibility index (Phi) is 3.28. The molecule has 0 heterocycles. The van der Waals surface area contributed by atoms with E-state index in [1.807, 2.05) is 0 Å². The van der Waals surface area contributed by atoms with Gasteiger partial charge in [0.05, 0.1) is 12.7 Å². The van der Waals surface area contributed by atoms with Crippen LogP contribution in [0.15, 0.2) is 42.5 Å². The van der Waals surface area contributed by atoms with Gasteiger partial charge in [-0.2, -0.15) is 0 Å². The summed E-state index contributed by atoms with van der Waals surface area (Å²) in [6.07, 6.45) is 0. The molecule has 0 aliphatic rings. The highest BCUT2D eigenvalue weighted by Crippen LogP contribution is 2.28. The van der Waals surface area contributed by atoms with Crippen LogP contribution in [-0.4, -0.2) is 18.2 Å². The normalized spacial score (nSPS) is 10.1. The third-order valence-electron chi connectivity index (χ3n) is 2.62. The molecule has 1 N–H and O–H groups in total. The zero-order valence-electron chi connectivity index (χ0n) is 9.68. The molecule has 4 heteroatoms. The van der Waals surface area contributed by atoms with E-state index in [1.54, 1.807) is 18.2 Å². The Bertz CT molecular complexity index is 593. The molecule has 0 saturated carbocycles. The first-order valence-corrected chi connectivity index (χ1v) is 5.29. The van der Waals surface area contributed by atoms with Crippen molar-refractivity contribution in [3.63, 3.8) is 0 Å². The van der Waals surface area contributed by atoms with Crippen LogP contribution >= 0.6 is 0 Å². The van der Waals surface area contributed by atoms with Gasteiger partial charge in [-0.15, -0.1) is 0 Å². The van der Waals surface area contributed by atoms with Crippen LogP contribution in [0.2, 0.25) is 0 Å². The maximum atomic E-state index is 13.3. The lowest BCUT2D eigenvalue weighted by molar-refractivity contribution is 0.0697. The smallest absolute Gasteiger partial charge is 0.336 e. The Balaban J connectivity index is 2.58. The number of carboxylic acids is 1. The number of carbonyl (C=O) groups is 1. The molecule has 0 radical (unpaired) electrons. The van der Waals surface area contributed by atoms with Crippen LogP contribution in [0.25, 0.3) is 11.1 Å². The van der Waals surface area contributed by atoms with Crippen molar-refractivity contribution in [2.24, 2.45) is 0 Å². The van der Waals surface area contributed by atoms with E-state index in [-0.39, 0.29) is 11.3 Å². The molecule has 0 atom stereocenters. The molecular weight excluding hydrogens is 235 g/mol. The van der Waals surface area contributed by atoms with Gasteiger partial charge < -0.3 is 9.84 Å². The van der Waals surface area contributed by atoms with E-state index < -0.39 is 11.8 Å². The molecule has 0 aliphatic carbocycles. The van der Waals surface area contributed by atoms with Gasteiger partial charge >= 0.3 is 5.97 Å². The minimum Gasteiger partial charge on any atom is -0.494 e. The lowest BCUT2D eigenvalue weighted by Crippen LogP contribution is -1.99. The van der Waals surface area contributed by atoms with Crippen molar-refractivity contribution in [1.82, 2.24) is 0 Å². The summed E-state index contributed by atoms with van der Waals surface area (Å²) < 4.78 is 18.2. The Hall–Kier alpha value is -2.36. The summed E-state index contributed by atoms with van der Waals surface area (Å²) in [5.74, 6) is -1.41. The zero-order valence-corrected chi connectivity index (χ0v) is 9.68. The minimum atomic E-state index is -1.02. The van der Waals surface area contributed by atoms with Gasteiger partial charge in [0.15, 0.2) is 11.6 Å². The molecule has 0 unspecified atom stereocenters. The van der Waals surface area contributed by atoms with Gasteiger partial charge in [0, 0.05) is 0 Å². The van der Waals surface area contributed by atoms with Crippen molar-refractivity contribution in [3.05, 3.63) is 53.8 Å². The van der Waals surface area contributed by atoms with Gasteiger partial charge in [-0.25, -0.2) is 9.18 Å². The number of hydrogen-bond donors (Lipinski definition) is 1. The molecule has 0 amide bonds. The van der Waals surface area contributed by atoms with E-state index in [2.05, 4.69) is 0 Å². The Labute approximate surface area is 103 Å². The summed E-state index contributed by atoms with van der Waals surface area (Å²) in [6, 6.07) is 10.8. The van der Waals surface area contributed by atoms with Crippen molar-refractivity contribution in [2.75, 3.05) is 7.11 Å². The summed E-state index contributed by atoms with van der Waals surface area (Å²) in [4.78, 5) is 11.1. The summed E-state index contributed by atoms with van der Waals surface area (Å²) >= 11 is 0. The van der Waals surface area contributed by atoms with E-state index in [4.69, 9.17) is 9.84 Å². The minimum absolute atomic E-state index is 0.0905. The summed E-state index contributed by atoms with van der Waals surface area (Å²) in [6.45, 7) is 0. The summed E-state index contributed by atoms with van der Waals surface area (Å²) in [7, 11) is 1.37. The number of aromatic carboxylic acids is 1. The highest BCUT2D eigenvalue weighted by atomic mass is 19.1. The quantitative estimate of drug-likeness (QED) is 0.904. The molecule has 92 valence electrons. The van der Waals surface area contributed by atoms with E-state index in [0.29, 0.717) is 11.1 Å². The molecule has 2 aromatic carbocycles. The van der Waals surface area contributed by atoms with Gasteiger partial charge in [-0.3, -0.25) is 0 Å². The number of ether oxygens (including phenoxy) is 1. The lowest BCUT2D eigenvalue weighted by Gasteiger charge is -2.08. The molecule has 0 bridgehead atoms. The van der Waals surface area contributed by atoms with Crippen LogP contribution < -0.4 is 4.74 Å². The molecular formula is C14H11FO3. The molecule has 3 nitrogen and oxygen atoms in total. The number of hydrogen-bond acceptors (Lipinski definition) is 2. The van der Waals surface area contributed by atoms with Gasteiger partial charge in [0.1, 0.15) is 0 Å². The van der Waals surface area contributed by atoms with E-state index in [1.165, 1.54) is 31.4 Å². The maximum absolute atomic E-state index is 13.3. The predicted octanol–water partition coefficient (Wildman–Crippen LogP) is 3.20. The van der Waals surface area contributed by atoms with Crippen LogP contribution in [0, 0.1) is 5.82 Å². The summed E-state index contributed by atoms with van der Waals surface area (Å²) in [5.41, 5.74) is 1.31. The van der Waals surface area contributed by atoms with E-state index in [0.717, 1.165) is 0 Å². The van der Waals surface area contributed by atoms with Crippen molar-refractivity contribution in [2.45, 2.75) is 0 Å². The Morgan fingerprint density at radius 1 is 1.22 bits per heavy atom. The highest BCUT2D eigenvalue weighted by molar-refractivity contribution is 5.96. The summed E-state index contributed by atoms with van der Waals surface area (Å²) in [5, 5.41) is 9.10. The fourth-order valence-corrected chi connectivity index (χ4v) is 1.75. The molecule has 0 fully saturated rings. The number of rotatable bonds is 3. The van der Waals surface area contributed by atoms with Crippen LogP contribution in [0.1, 0.15) is 10.4 Å². The third-order valence-corrected chi connectivity index (χ3v) is 2.62. The van der Waals surface area contributed by atoms with Gasteiger partial charge in [0.2, 0.25) is 0 Å². The van der Waals surface area contributed by atoms with Crippen LogP contribution in [0.4, 0.5) is 4.39 Å². The van der Waals surface area contributed by atoms with Crippen LogP contribution in [-0.2, 0) is 0 Å².